The Morgan fingerprint density at radius 3 is 2.44 bits per heavy atom. The average molecular weight is 364 g/mol. The van der Waals surface area contributed by atoms with Gasteiger partial charge in [0.25, 0.3) is 5.91 Å². The van der Waals surface area contributed by atoms with Gasteiger partial charge in [-0.05, 0) is 35.2 Å². The third-order valence-corrected chi connectivity index (χ3v) is 4.10. The van der Waals surface area contributed by atoms with E-state index in [1.807, 2.05) is 18.2 Å². The minimum Gasteiger partial charge on any atom is -0.347 e. The minimum atomic E-state index is -0.332. The zero-order valence-electron chi connectivity index (χ0n) is 15.2. The van der Waals surface area contributed by atoms with Gasteiger partial charge in [0.05, 0.1) is 12.4 Å². The second-order valence-corrected chi connectivity index (χ2v) is 6.46. The van der Waals surface area contributed by atoms with E-state index in [1.165, 1.54) is 30.1 Å². The summed E-state index contributed by atoms with van der Waals surface area (Å²) in [7, 11) is 0. The SMILES string of the molecule is CC(C)c1ccccc1Nc1cnc(C(=O)NCc2ccc(F)cc2)cn1. The Kier molecular flexibility index (Phi) is 5.76. The van der Waals surface area contributed by atoms with Crippen molar-refractivity contribution in [2.24, 2.45) is 0 Å². The first-order valence-electron chi connectivity index (χ1n) is 8.73. The number of hydrogen-bond acceptors (Lipinski definition) is 4. The molecule has 2 N–H and O–H groups in total. The quantitative estimate of drug-likeness (QED) is 0.680. The number of carbonyl (C=O) groups is 1. The van der Waals surface area contributed by atoms with Crippen LogP contribution in [-0.2, 0) is 6.54 Å². The van der Waals surface area contributed by atoms with E-state index in [2.05, 4.69) is 40.5 Å². The highest BCUT2D eigenvalue weighted by Crippen LogP contribution is 2.25. The van der Waals surface area contributed by atoms with Gasteiger partial charge in [-0.1, -0.05) is 44.2 Å². The Morgan fingerprint density at radius 2 is 1.78 bits per heavy atom. The topological polar surface area (TPSA) is 66.9 Å². The van der Waals surface area contributed by atoms with Crippen molar-refractivity contribution in [3.63, 3.8) is 0 Å². The molecule has 1 amide bonds. The lowest BCUT2D eigenvalue weighted by molar-refractivity contribution is 0.0945. The third kappa shape index (κ3) is 4.88. The van der Waals surface area contributed by atoms with Crippen LogP contribution in [0.15, 0.2) is 60.9 Å². The van der Waals surface area contributed by atoms with Gasteiger partial charge in [-0.15, -0.1) is 0 Å². The van der Waals surface area contributed by atoms with Crippen LogP contribution in [0.25, 0.3) is 0 Å². The van der Waals surface area contributed by atoms with Gasteiger partial charge in [0.15, 0.2) is 0 Å². The molecule has 3 aromatic rings. The number of amides is 1. The Labute approximate surface area is 157 Å². The first-order chi connectivity index (χ1) is 13.0. The van der Waals surface area contributed by atoms with E-state index in [0.29, 0.717) is 18.3 Å². The number of hydrogen-bond donors (Lipinski definition) is 2. The molecule has 138 valence electrons. The van der Waals surface area contributed by atoms with Crippen LogP contribution < -0.4 is 10.6 Å². The molecule has 27 heavy (non-hydrogen) atoms. The number of halogens is 1. The fourth-order valence-corrected chi connectivity index (χ4v) is 2.64. The van der Waals surface area contributed by atoms with Gasteiger partial charge in [-0.2, -0.15) is 0 Å². The number of nitrogens with one attached hydrogen (secondary N) is 2. The van der Waals surface area contributed by atoms with E-state index < -0.39 is 0 Å². The molecule has 0 aliphatic carbocycles. The number of benzene rings is 2. The van der Waals surface area contributed by atoms with E-state index in [4.69, 9.17) is 0 Å². The first kappa shape index (κ1) is 18.5. The second kappa shape index (κ2) is 8.40. The monoisotopic (exact) mass is 364 g/mol. The zero-order chi connectivity index (χ0) is 19.2. The van der Waals surface area contributed by atoms with Crippen molar-refractivity contribution in [3.8, 4) is 0 Å². The van der Waals surface area contributed by atoms with E-state index >= 15 is 0 Å². The molecule has 5 nitrogen and oxygen atoms in total. The summed E-state index contributed by atoms with van der Waals surface area (Å²) in [6.45, 7) is 4.55. The molecule has 0 saturated carbocycles. The Balaban J connectivity index is 1.63. The first-order valence-corrected chi connectivity index (χ1v) is 8.73. The molecule has 0 saturated heterocycles. The maximum atomic E-state index is 12.9. The van der Waals surface area contributed by atoms with Crippen LogP contribution in [0.2, 0.25) is 0 Å². The largest absolute Gasteiger partial charge is 0.347 e. The minimum absolute atomic E-state index is 0.222. The highest BCUT2D eigenvalue weighted by atomic mass is 19.1. The lowest BCUT2D eigenvalue weighted by atomic mass is 10.0. The maximum absolute atomic E-state index is 12.9. The fraction of sp³-hybridized carbons (Fsp3) is 0.190. The molecule has 0 aliphatic heterocycles. The molecule has 0 atom stereocenters. The van der Waals surface area contributed by atoms with Crippen LogP contribution in [0, 0.1) is 5.82 Å². The predicted molar refractivity (Wildman–Crippen MR) is 103 cm³/mol. The normalized spacial score (nSPS) is 10.7. The number of nitrogens with zero attached hydrogens (tertiary/aromatic N) is 2. The van der Waals surface area contributed by atoms with Crippen molar-refractivity contribution in [3.05, 3.63) is 83.6 Å². The summed E-state index contributed by atoms with van der Waals surface area (Å²) in [5.41, 5.74) is 3.18. The van der Waals surface area contributed by atoms with Gasteiger partial charge in [0.1, 0.15) is 17.3 Å². The summed E-state index contributed by atoms with van der Waals surface area (Å²) in [6, 6.07) is 14.0. The van der Waals surface area contributed by atoms with Crippen molar-refractivity contribution in [2.45, 2.75) is 26.3 Å². The molecule has 2 aromatic carbocycles. The molecule has 0 radical (unpaired) electrons. The van der Waals surface area contributed by atoms with Gasteiger partial charge in [-0.3, -0.25) is 4.79 Å². The van der Waals surface area contributed by atoms with Crippen molar-refractivity contribution >= 4 is 17.4 Å². The third-order valence-electron chi connectivity index (χ3n) is 4.10. The van der Waals surface area contributed by atoms with Crippen LogP contribution in [0.5, 0.6) is 0 Å². The molecule has 0 fully saturated rings. The van der Waals surface area contributed by atoms with Crippen molar-refractivity contribution in [1.29, 1.82) is 0 Å². The summed E-state index contributed by atoms with van der Waals surface area (Å²) in [5, 5.41) is 5.99. The summed E-state index contributed by atoms with van der Waals surface area (Å²) in [5.74, 6) is 0.301. The second-order valence-electron chi connectivity index (χ2n) is 6.46. The van der Waals surface area contributed by atoms with Gasteiger partial charge in [0, 0.05) is 12.2 Å². The fourth-order valence-electron chi connectivity index (χ4n) is 2.64. The molecular weight excluding hydrogens is 343 g/mol. The van der Waals surface area contributed by atoms with Gasteiger partial charge in [0.2, 0.25) is 0 Å². The molecule has 0 spiro atoms. The summed E-state index contributed by atoms with van der Waals surface area (Å²) < 4.78 is 12.9. The average Bonchev–Trinajstić information content (AvgIpc) is 2.68. The lowest BCUT2D eigenvalue weighted by Crippen LogP contribution is -2.24. The van der Waals surface area contributed by atoms with Gasteiger partial charge in [-0.25, -0.2) is 14.4 Å². The zero-order valence-corrected chi connectivity index (χ0v) is 15.2. The molecule has 3 rings (SSSR count). The van der Waals surface area contributed by atoms with Crippen molar-refractivity contribution in [2.75, 3.05) is 5.32 Å². The Hall–Kier alpha value is -3.28. The number of anilines is 2. The highest BCUT2D eigenvalue weighted by Gasteiger charge is 2.10. The molecular formula is C21H21FN4O. The molecule has 0 bridgehead atoms. The summed E-state index contributed by atoms with van der Waals surface area (Å²) in [4.78, 5) is 20.6. The smallest absolute Gasteiger partial charge is 0.271 e. The number of rotatable bonds is 6. The van der Waals surface area contributed by atoms with Crippen LogP contribution in [0.4, 0.5) is 15.9 Å². The van der Waals surface area contributed by atoms with E-state index in [9.17, 15) is 9.18 Å². The van der Waals surface area contributed by atoms with E-state index in [-0.39, 0.29) is 17.4 Å². The standard InChI is InChI=1S/C21H21FN4O/c1-14(2)17-5-3-4-6-18(17)26-20-13-23-19(12-24-20)21(27)25-11-15-7-9-16(22)10-8-15/h3-10,12-14H,11H2,1-2H3,(H,24,26)(H,25,27). The van der Waals surface area contributed by atoms with Crippen molar-refractivity contribution in [1.82, 2.24) is 15.3 Å². The molecule has 1 aromatic heterocycles. The van der Waals surface area contributed by atoms with Crippen LogP contribution in [0.3, 0.4) is 0 Å². The highest BCUT2D eigenvalue weighted by molar-refractivity contribution is 5.92. The van der Waals surface area contributed by atoms with Crippen molar-refractivity contribution < 1.29 is 9.18 Å². The number of carbonyl (C=O) groups excluding carboxylic acids is 1. The summed E-state index contributed by atoms with van der Waals surface area (Å²) in [6.07, 6.45) is 2.96. The molecule has 0 unspecified atom stereocenters. The van der Waals surface area contributed by atoms with Gasteiger partial charge >= 0.3 is 0 Å². The van der Waals surface area contributed by atoms with Crippen LogP contribution in [0.1, 0.15) is 41.4 Å². The van der Waals surface area contributed by atoms with E-state index in [1.54, 1.807) is 12.1 Å². The predicted octanol–water partition coefficient (Wildman–Crippen LogP) is 4.41. The number of aromatic nitrogens is 2. The van der Waals surface area contributed by atoms with E-state index in [0.717, 1.165) is 11.3 Å². The van der Waals surface area contributed by atoms with Crippen LogP contribution in [-0.4, -0.2) is 15.9 Å². The molecule has 1 heterocycles. The Bertz CT molecular complexity index is 908. The molecule has 0 aliphatic rings. The number of para-hydroxylation sites is 1. The maximum Gasteiger partial charge on any atom is 0.271 e. The lowest BCUT2D eigenvalue weighted by Gasteiger charge is -2.13. The summed E-state index contributed by atoms with van der Waals surface area (Å²) >= 11 is 0. The van der Waals surface area contributed by atoms with Gasteiger partial charge < -0.3 is 10.6 Å². The van der Waals surface area contributed by atoms with Crippen LogP contribution >= 0.6 is 0 Å². The Morgan fingerprint density at radius 1 is 1.04 bits per heavy atom. The molecule has 6 heteroatoms.